The highest BCUT2D eigenvalue weighted by Crippen LogP contribution is 2.15. The van der Waals surface area contributed by atoms with E-state index in [1.54, 1.807) is 0 Å². The lowest BCUT2D eigenvalue weighted by Crippen LogP contribution is -2.30. The summed E-state index contributed by atoms with van der Waals surface area (Å²) in [5.74, 6) is -1.05. The number of hydrogen-bond donors (Lipinski definition) is 0. The Labute approximate surface area is 430 Å². The summed E-state index contributed by atoms with van der Waals surface area (Å²) in [5, 5.41) is 0. The van der Waals surface area contributed by atoms with Gasteiger partial charge in [-0.2, -0.15) is 0 Å². The fourth-order valence-corrected chi connectivity index (χ4v) is 7.37. The second kappa shape index (κ2) is 57.1. The molecule has 0 saturated carbocycles. The lowest BCUT2D eigenvalue weighted by Gasteiger charge is -2.18. The summed E-state index contributed by atoms with van der Waals surface area (Å²) >= 11 is 0. The molecule has 0 aromatic heterocycles. The number of carbonyl (C=O) groups excluding carboxylic acids is 3. The molecule has 6 heteroatoms. The average molecular weight is 968 g/mol. The van der Waals surface area contributed by atoms with Gasteiger partial charge in [-0.05, 0) is 77.0 Å². The van der Waals surface area contributed by atoms with E-state index in [1.807, 2.05) is 60.8 Å². The van der Waals surface area contributed by atoms with Crippen LogP contribution in [-0.2, 0) is 28.6 Å². The van der Waals surface area contributed by atoms with E-state index in [0.29, 0.717) is 19.3 Å². The summed E-state index contributed by atoms with van der Waals surface area (Å²) in [6, 6.07) is 0. The van der Waals surface area contributed by atoms with Crippen LogP contribution in [0.2, 0.25) is 0 Å². The highest BCUT2D eigenvalue weighted by atomic mass is 16.6. The zero-order valence-electron chi connectivity index (χ0n) is 45.0. The molecule has 0 fully saturated rings. The van der Waals surface area contributed by atoms with E-state index in [2.05, 4.69) is 93.7 Å². The van der Waals surface area contributed by atoms with Crippen molar-refractivity contribution >= 4 is 17.9 Å². The highest BCUT2D eigenvalue weighted by molar-refractivity contribution is 5.71. The molecule has 0 aliphatic rings. The lowest BCUT2D eigenvalue weighted by atomic mass is 10.0. The number of esters is 3. The smallest absolute Gasteiger partial charge is 0.306 e. The van der Waals surface area contributed by atoms with Crippen molar-refractivity contribution in [1.29, 1.82) is 0 Å². The van der Waals surface area contributed by atoms with Gasteiger partial charge in [0.2, 0.25) is 0 Å². The predicted octanol–water partition coefficient (Wildman–Crippen LogP) is 19.0. The highest BCUT2D eigenvalue weighted by Gasteiger charge is 2.19. The molecule has 0 radical (unpaired) electrons. The maximum atomic E-state index is 12.9. The van der Waals surface area contributed by atoms with Crippen molar-refractivity contribution in [2.75, 3.05) is 13.2 Å². The summed E-state index contributed by atoms with van der Waals surface area (Å²) in [5.41, 5.74) is 0. The molecule has 0 rings (SSSR count). The van der Waals surface area contributed by atoms with Gasteiger partial charge in [0.25, 0.3) is 0 Å². The fourth-order valence-electron chi connectivity index (χ4n) is 7.37. The molecule has 6 nitrogen and oxygen atoms in total. The van der Waals surface area contributed by atoms with E-state index in [9.17, 15) is 14.4 Å². The monoisotopic (exact) mass is 967 g/mol. The molecule has 1 atom stereocenters. The van der Waals surface area contributed by atoms with Gasteiger partial charge in [-0.3, -0.25) is 14.4 Å². The van der Waals surface area contributed by atoms with Crippen molar-refractivity contribution < 1.29 is 28.6 Å². The van der Waals surface area contributed by atoms with Gasteiger partial charge in [-0.1, -0.05) is 270 Å². The van der Waals surface area contributed by atoms with Crippen LogP contribution in [0.25, 0.3) is 0 Å². The summed E-state index contributed by atoms with van der Waals surface area (Å²) in [7, 11) is 0. The first-order chi connectivity index (χ1) is 34.5. The lowest BCUT2D eigenvalue weighted by molar-refractivity contribution is -0.166. The van der Waals surface area contributed by atoms with Gasteiger partial charge < -0.3 is 14.2 Å². The number of ether oxygens (including phenoxy) is 3. The Kier molecular flexibility index (Phi) is 53.5. The molecule has 0 aromatic rings. The van der Waals surface area contributed by atoms with Crippen LogP contribution in [0.15, 0.2) is 134 Å². The molecule has 0 saturated heterocycles. The summed E-state index contributed by atoms with van der Waals surface area (Å²) < 4.78 is 16.8. The molecule has 70 heavy (non-hydrogen) atoms. The van der Waals surface area contributed by atoms with Gasteiger partial charge in [0.15, 0.2) is 6.10 Å². The van der Waals surface area contributed by atoms with Crippen LogP contribution in [0.4, 0.5) is 0 Å². The van der Waals surface area contributed by atoms with Crippen molar-refractivity contribution in [3.05, 3.63) is 134 Å². The van der Waals surface area contributed by atoms with Crippen molar-refractivity contribution in [3.63, 3.8) is 0 Å². The molecular weight excluding hydrogens is 865 g/mol. The zero-order chi connectivity index (χ0) is 50.7. The Morgan fingerprint density at radius 1 is 0.314 bits per heavy atom. The fraction of sp³-hybridized carbons (Fsp3) is 0.609. The Bertz CT molecular complexity index is 1530. The Hall–Kier alpha value is -4.45. The van der Waals surface area contributed by atoms with Crippen molar-refractivity contribution in [1.82, 2.24) is 0 Å². The Balaban J connectivity index is 4.56. The first-order valence-corrected chi connectivity index (χ1v) is 28.3. The zero-order valence-corrected chi connectivity index (χ0v) is 45.0. The van der Waals surface area contributed by atoms with Crippen LogP contribution in [0.3, 0.4) is 0 Å². The van der Waals surface area contributed by atoms with Crippen LogP contribution >= 0.6 is 0 Å². The largest absolute Gasteiger partial charge is 0.462 e. The third-order valence-corrected chi connectivity index (χ3v) is 11.5. The first-order valence-electron chi connectivity index (χ1n) is 28.3. The molecule has 0 N–H and O–H groups in total. The molecule has 0 aliphatic carbocycles. The minimum absolute atomic E-state index is 0.126. The third-order valence-electron chi connectivity index (χ3n) is 11.5. The minimum atomic E-state index is -0.830. The van der Waals surface area contributed by atoms with Gasteiger partial charge >= 0.3 is 17.9 Å². The summed E-state index contributed by atoms with van der Waals surface area (Å²) in [6.45, 7) is 6.28. The Morgan fingerprint density at radius 2 is 0.657 bits per heavy atom. The molecular formula is C64H102O6. The second-order valence-electron chi connectivity index (χ2n) is 18.2. The maximum Gasteiger partial charge on any atom is 0.306 e. The van der Waals surface area contributed by atoms with Gasteiger partial charge in [-0.25, -0.2) is 0 Å². The normalized spacial score (nSPS) is 13.1. The van der Waals surface area contributed by atoms with E-state index in [1.165, 1.54) is 96.3 Å². The number of unbranched alkanes of at least 4 members (excludes halogenated alkanes) is 20. The van der Waals surface area contributed by atoms with E-state index in [0.717, 1.165) is 89.9 Å². The summed E-state index contributed by atoms with van der Waals surface area (Å²) in [6.07, 6.45) is 80.2. The minimum Gasteiger partial charge on any atom is -0.462 e. The maximum absolute atomic E-state index is 12.9. The van der Waals surface area contributed by atoms with E-state index in [4.69, 9.17) is 14.2 Å². The van der Waals surface area contributed by atoms with Crippen LogP contribution in [0, 0.1) is 0 Å². The van der Waals surface area contributed by atoms with Gasteiger partial charge in [0, 0.05) is 19.3 Å². The SMILES string of the molecule is CC\C=C/C=C\C=C/C=C\C=C/CCCCCC(=O)OCC(COC(=O)CC/C=C\C/C=C\C/C=C\C/C=C\C/C=C\C/C=C\CC)OC(=O)CCCCCCCCCCCCCCCCCCCC. The van der Waals surface area contributed by atoms with E-state index >= 15 is 0 Å². The second-order valence-corrected chi connectivity index (χ2v) is 18.2. The van der Waals surface area contributed by atoms with Crippen molar-refractivity contribution in [2.24, 2.45) is 0 Å². The summed E-state index contributed by atoms with van der Waals surface area (Å²) in [4.78, 5) is 38.1. The van der Waals surface area contributed by atoms with Crippen LogP contribution in [0.1, 0.15) is 233 Å². The van der Waals surface area contributed by atoms with E-state index < -0.39 is 6.10 Å². The van der Waals surface area contributed by atoms with Crippen molar-refractivity contribution in [2.45, 2.75) is 239 Å². The molecule has 394 valence electrons. The number of allylic oxidation sites excluding steroid dienone is 22. The number of rotatable bonds is 49. The standard InChI is InChI=1S/C64H102O6/c1-4-7-10-13-16-19-22-25-28-30-32-34-36-39-42-45-48-51-54-57-63(66)69-60-61(59-68-62(65)56-53-50-47-44-41-38-35-27-24-21-18-15-12-9-6-3)70-64(67)58-55-52-49-46-43-40-37-33-31-29-26-23-20-17-14-11-8-5-2/h7,9-10,12,15-16,18-19,21,24-25,27-28,32,34-35,38-39,41-42,48,51,61H,4-6,8,11,13-14,17,20,22-23,26,29-31,33,36-37,40,43-47,49-50,52-60H2,1-3H3/b10-7-,12-9-,18-15-,19-16-,24-21-,28-25-,34-32-,35-27-,41-38-,42-39-,51-48-. The van der Waals surface area contributed by atoms with Crippen LogP contribution in [0.5, 0.6) is 0 Å². The van der Waals surface area contributed by atoms with Gasteiger partial charge in [0.1, 0.15) is 13.2 Å². The molecule has 0 heterocycles. The quantitative estimate of drug-likeness (QED) is 0.0199. The molecule has 0 aromatic carbocycles. The topological polar surface area (TPSA) is 78.9 Å². The predicted molar refractivity (Wildman–Crippen MR) is 302 cm³/mol. The van der Waals surface area contributed by atoms with Crippen LogP contribution < -0.4 is 0 Å². The molecule has 0 aliphatic heterocycles. The molecule has 0 spiro atoms. The molecule has 1 unspecified atom stereocenters. The average Bonchev–Trinajstić information content (AvgIpc) is 3.36. The Morgan fingerprint density at radius 3 is 1.10 bits per heavy atom. The molecule has 0 amide bonds. The number of hydrogen-bond acceptors (Lipinski definition) is 6. The van der Waals surface area contributed by atoms with E-state index in [-0.39, 0.29) is 37.5 Å². The molecule has 0 bridgehead atoms. The van der Waals surface area contributed by atoms with Crippen LogP contribution in [-0.4, -0.2) is 37.2 Å². The van der Waals surface area contributed by atoms with Gasteiger partial charge in [0.05, 0.1) is 0 Å². The first kappa shape index (κ1) is 65.5. The van der Waals surface area contributed by atoms with Crippen molar-refractivity contribution in [3.8, 4) is 0 Å². The number of carbonyl (C=O) groups is 3. The third kappa shape index (κ3) is 54.5. The van der Waals surface area contributed by atoms with Gasteiger partial charge in [-0.15, -0.1) is 0 Å².